The summed E-state index contributed by atoms with van der Waals surface area (Å²) in [4.78, 5) is 11.8. The Hall–Kier alpha value is -2.95. The minimum atomic E-state index is -0.377. The van der Waals surface area contributed by atoms with E-state index < -0.39 is 0 Å². The number of benzene rings is 2. The van der Waals surface area contributed by atoms with Crippen LogP contribution in [0.3, 0.4) is 0 Å². The van der Waals surface area contributed by atoms with Gasteiger partial charge in [0, 0.05) is 10.8 Å². The third kappa shape index (κ3) is 3.13. The van der Waals surface area contributed by atoms with Gasteiger partial charge in [-0.05, 0) is 38.1 Å². The van der Waals surface area contributed by atoms with E-state index in [0.29, 0.717) is 23.8 Å². The molecule has 0 amide bonds. The van der Waals surface area contributed by atoms with Crippen LogP contribution >= 0.6 is 0 Å². The van der Waals surface area contributed by atoms with Crippen molar-refractivity contribution in [2.45, 2.75) is 13.8 Å². The fourth-order valence-electron chi connectivity index (χ4n) is 2.30. The van der Waals surface area contributed by atoms with E-state index in [1.165, 1.54) is 0 Å². The minimum absolute atomic E-state index is 0.331. The second kappa shape index (κ2) is 6.44. The van der Waals surface area contributed by atoms with Gasteiger partial charge < -0.3 is 9.47 Å². The van der Waals surface area contributed by atoms with Crippen molar-refractivity contribution in [2.24, 2.45) is 0 Å². The Morgan fingerprint density at radius 3 is 2.61 bits per heavy atom. The summed E-state index contributed by atoms with van der Waals surface area (Å²) in [5.74, 6) is 0.545. The predicted octanol–water partition coefficient (Wildman–Crippen LogP) is 3.91. The monoisotopic (exact) mass is 308 g/mol. The van der Waals surface area contributed by atoms with Crippen LogP contribution in [0.4, 0.5) is 0 Å². The molecule has 5 heteroatoms. The summed E-state index contributed by atoms with van der Waals surface area (Å²) in [5, 5.41) is 10.1. The third-order valence-electron chi connectivity index (χ3n) is 3.40. The second-order valence-corrected chi connectivity index (χ2v) is 4.99. The first kappa shape index (κ1) is 15.0. The summed E-state index contributed by atoms with van der Waals surface area (Å²) in [6.45, 7) is 4.00. The van der Waals surface area contributed by atoms with Gasteiger partial charge in [-0.1, -0.05) is 24.3 Å². The van der Waals surface area contributed by atoms with Crippen LogP contribution in [-0.2, 0) is 4.74 Å². The van der Waals surface area contributed by atoms with Gasteiger partial charge >= 0.3 is 5.97 Å². The summed E-state index contributed by atoms with van der Waals surface area (Å²) in [6.07, 6.45) is 0. The van der Waals surface area contributed by atoms with Gasteiger partial charge in [-0.2, -0.15) is 5.10 Å². The number of hydrogen-bond acceptors (Lipinski definition) is 5. The van der Waals surface area contributed by atoms with Crippen LogP contribution in [0, 0.1) is 6.92 Å². The van der Waals surface area contributed by atoms with E-state index in [9.17, 15) is 4.79 Å². The van der Waals surface area contributed by atoms with E-state index in [1.54, 1.807) is 31.2 Å². The Morgan fingerprint density at radius 2 is 1.83 bits per heavy atom. The lowest BCUT2D eigenvalue weighted by Gasteiger charge is -2.09. The van der Waals surface area contributed by atoms with Crippen molar-refractivity contribution in [3.05, 3.63) is 59.8 Å². The smallest absolute Gasteiger partial charge is 0.338 e. The van der Waals surface area contributed by atoms with Gasteiger partial charge in [0.25, 0.3) is 0 Å². The molecule has 0 spiro atoms. The standard InChI is InChI=1S/C18H16N2O3/c1-3-22-18(21)13-7-6-8-14(11-13)23-17-16-10-5-4-9-15(16)12(2)19-20-17/h4-11H,3H2,1-2H3. The highest BCUT2D eigenvalue weighted by atomic mass is 16.5. The van der Waals surface area contributed by atoms with Crippen LogP contribution in [0.15, 0.2) is 48.5 Å². The van der Waals surface area contributed by atoms with Crippen molar-refractivity contribution >= 4 is 16.7 Å². The fraction of sp³-hybridized carbons (Fsp3) is 0.167. The quantitative estimate of drug-likeness (QED) is 0.684. The predicted molar refractivity (Wildman–Crippen MR) is 86.7 cm³/mol. The maximum absolute atomic E-state index is 11.8. The highest BCUT2D eigenvalue weighted by molar-refractivity contribution is 5.90. The van der Waals surface area contributed by atoms with E-state index in [-0.39, 0.29) is 5.97 Å². The molecule has 0 saturated carbocycles. The summed E-state index contributed by atoms with van der Waals surface area (Å²) in [6, 6.07) is 14.6. The van der Waals surface area contributed by atoms with Crippen LogP contribution in [0.2, 0.25) is 0 Å². The summed E-state index contributed by atoms with van der Waals surface area (Å²) in [7, 11) is 0. The molecular formula is C18H16N2O3. The first-order valence-electron chi connectivity index (χ1n) is 7.36. The normalized spacial score (nSPS) is 10.5. The number of esters is 1. The minimum Gasteiger partial charge on any atom is -0.462 e. The zero-order valence-corrected chi connectivity index (χ0v) is 12.9. The van der Waals surface area contributed by atoms with Gasteiger partial charge in [0.1, 0.15) is 5.75 Å². The molecule has 0 radical (unpaired) electrons. The van der Waals surface area contributed by atoms with E-state index in [1.807, 2.05) is 31.2 Å². The number of aromatic nitrogens is 2. The summed E-state index contributed by atoms with van der Waals surface area (Å²) in [5.41, 5.74) is 1.28. The summed E-state index contributed by atoms with van der Waals surface area (Å²) >= 11 is 0. The van der Waals surface area contributed by atoms with Gasteiger partial charge in [0.05, 0.1) is 17.9 Å². The molecule has 0 aliphatic rings. The van der Waals surface area contributed by atoms with Crippen molar-refractivity contribution < 1.29 is 14.3 Å². The van der Waals surface area contributed by atoms with Crippen molar-refractivity contribution in [3.8, 4) is 11.6 Å². The first-order chi connectivity index (χ1) is 11.2. The van der Waals surface area contributed by atoms with Crippen LogP contribution in [0.5, 0.6) is 11.6 Å². The largest absolute Gasteiger partial charge is 0.462 e. The maximum atomic E-state index is 11.8. The van der Waals surface area contributed by atoms with Crippen LogP contribution < -0.4 is 4.74 Å². The molecule has 0 aliphatic carbocycles. The molecule has 23 heavy (non-hydrogen) atoms. The molecule has 0 bridgehead atoms. The van der Waals surface area contributed by atoms with E-state index in [0.717, 1.165) is 16.5 Å². The highest BCUT2D eigenvalue weighted by Crippen LogP contribution is 2.28. The Balaban J connectivity index is 1.95. The number of nitrogens with zero attached hydrogens (tertiary/aromatic N) is 2. The molecule has 1 aromatic heterocycles. The molecule has 0 atom stereocenters. The van der Waals surface area contributed by atoms with Gasteiger partial charge in [-0.15, -0.1) is 5.10 Å². The zero-order valence-electron chi connectivity index (χ0n) is 12.9. The van der Waals surface area contributed by atoms with E-state index in [2.05, 4.69) is 10.2 Å². The van der Waals surface area contributed by atoms with Gasteiger partial charge in [-0.3, -0.25) is 0 Å². The number of ether oxygens (including phenoxy) is 2. The molecule has 0 fully saturated rings. The van der Waals surface area contributed by atoms with Crippen molar-refractivity contribution in [1.82, 2.24) is 10.2 Å². The Bertz CT molecular complexity index is 862. The number of carbonyl (C=O) groups excluding carboxylic acids is 1. The molecule has 1 heterocycles. The van der Waals surface area contributed by atoms with Crippen molar-refractivity contribution in [3.63, 3.8) is 0 Å². The number of fused-ring (bicyclic) bond motifs is 1. The van der Waals surface area contributed by atoms with Gasteiger partial charge in [0.2, 0.25) is 5.88 Å². The van der Waals surface area contributed by atoms with Gasteiger partial charge in [-0.25, -0.2) is 4.79 Å². The van der Waals surface area contributed by atoms with E-state index >= 15 is 0 Å². The molecule has 5 nitrogen and oxygen atoms in total. The lowest BCUT2D eigenvalue weighted by molar-refractivity contribution is 0.0526. The molecule has 2 aromatic carbocycles. The molecule has 0 saturated heterocycles. The second-order valence-electron chi connectivity index (χ2n) is 4.99. The summed E-state index contributed by atoms with van der Waals surface area (Å²) < 4.78 is 10.8. The third-order valence-corrected chi connectivity index (χ3v) is 3.40. The van der Waals surface area contributed by atoms with Crippen molar-refractivity contribution in [2.75, 3.05) is 6.61 Å². The van der Waals surface area contributed by atoms with Gasteiger partial charge in [0.15, 0.2) is 0 Å². The maximum Gasteiger partial charge on any atom is 0.338 e. The lowest BCUT2D eigenvalue weighted by atomic mass is 10.1. The average molecular weight is 308 g/mol. The topological polar surface area (TPSA) is 61.3 Å². The molecular weight excluding hydrogens is 292 g/mol. The Kier molecular flexibility index (Phi) is 4.19. The zero-order chi connectivity index (χ0) is 16.2. The highest BCUT2D eigenvalue weighted by Gasteiger charge is 2.11. The van der Waals surface area contributed by atoms with Crippen LogP contribution in [0.25, 0.3) is 10.8 Å². The molecule has 0 N–H and O–H groups in total. The molecule has 0 unspecified atom stereocenters. The van der Waals surface area contributed by atoms with E-state index in [4.69, 9.17) is 9.47 Å². The SMILES string of the molecule is CCOC(=O)c1cccc(Oc2nnc(C)c3ccccc23)c1. The number of carbonyl (C=O) groups is 1. The molecule has 3 rings (SSSR count). The molecule has 3 aromatic rings. The van der Waals surface area contributed by atoms with Crippen LogP contribution in [0.1, 0.15) is 23.0 Å². The Morgan fingerprint density at radius 1 is 1.04 bits per heavy atom. The number of aryl methyl sites for hydroxylation is 1. The average Bonchev–Trinajstić information content (AvgIpc) is 2.58. The fourth-order valence-corrected chi connectivity index (χ4v) is 2.30. The first-order valence-corrected chi connectivity index (χ1v) is 7.36. The number of rotatable bonds is 4. The number of hydrogen-bond donors (Lipinski definition) is 0. The molecule has 0 aliphatic heterocycles. The Labute approximate surface area is 133 Å². The molecule has 116 valence electrons. The van der Waals surface area contributed by atoms with Crippen LogP contribution in [-0.4, -0.2) is 22.8 Å². The van der Waals surface area contributed by atoms with Crippen molar-refractivity contribution in [1.29, 1.82) is 0 Å². The lowest BCUT2D eigenvalue weighted by Crippen LogP contribution is -2.04.